The van der Waals surface area contributed by atoms with Gasteiger partial charge in [0, 0.05) is 18.7 Å². The number of benzene rings is 3. The Morgan fingerprint density at radius 3 is 2.31 bits per heavy atom. The number of aliphatic hydroxyl groups excluding tert-OH is 1. The SMILES string of the molecule is C=CCCC(=O)N[C@H](C)[C@@H](OC(=O)[C@@H]1[C@H]2C(=O)N([C@@H](CO)Cc3ccccc3)[C@H](C(=O)N(CC=C)c3c(C)cccc3C)[C@]23CC[C@H]1O3)c1ccccc1. The number of hydrogen-bond acceptors (Lipinski definition) is 7. The van der Waals surface area contributed by atoms with Crippen molar-refractivity contribution in [3.63, 3.8) is 0 Å². The number of aryl methyl sites for hydroxylation is 2. The van der Waals surface area contributed by atoms with E-state index in [0.29, 0.717) is 24.8 Å². The number of likely N-dealkylation sites (tertiary alicyclic amines) is 1. The van der Waals surface area contributed by atoms with Crippen LogP contribution >= 0.6 is 0 Å². The number of hydrogen-bond donors (Lipinski definition) is 2. The quantitative estimate of drug-likeness (QED) is 0.146. The van der Waals surface area contributed by atoms with Crippen molar-refractivity contribution in [3.05, 3.63) is 126 Å². The first-order chi connectivity index (χ1) is 26.1. The maximum atomic E-state index is 15.3. The Hall–Kier alpha value is -5.06. The molecule has 6 rings (SSSR count). The van der Waals surface area contributed by atoms with Crippen molar-refractivity contribution < 1.29 is 33.8 Å². The van der Waals surface area contributed by atoms with E-state index in [-0.39, 0.29) is 31.2 Å². The summed E-state index contributed by atoms with van der Waals surface area (Å²) in [6.07, 6.45) is 3.66. The van der Waals surface area contributed by atoms with Crippen molar-refractivity contribution in [1.82, 2.24) is 10.2 Å². The number of nitrogens with zero attached hydrogens (tertiary/aromatic N) is 2. The van der Waals surface area contributed by atoms with Gasteiger partial charge in [-0.25, -0.2) is 0 Å². The van der Waals surface area contributed by atoms with Gasteiger partial charge in [0.1, 0.15) is 17.7 Å². The van der Waals surface area contributed by atoms with Crippen LogP contribution in [0.2, 0.25) is 0 Å². The van der Waals surface area contributed by atoms with E-state index in [1.54, 1.807) is 24.0 Å². The Bertz CT molecular complexity index is 1850. The van der Waals surface area contributed by atoms with Gasteiger partial charge in [-0.05, 0) is 68.7 Å². The van der Waals surface area contributed by atoms with Crippen molar-refractivity contribution >= 4 is 29.4 Å². The first kappa shape index (κ1) is 38.7. The minimum atomic E-state index is -1.34. The zero-order chi connectivity index (χ0) is 38.6. The van der Waals surface area contributed by atoms with Gasteiger partial charge in [0.25, 0.3) is 5.91 Å². The lowest BCUT2D eigenvalue weighted by Crippen LogP contribution is -2.59. The molecular formula is C44H51N3O7. The topological polar surface area (TPSA) is 125 Å². The molecule has 8 atom stereocenters. The number of aliphatic hydroxyl groups is 1. The fourth-order valence-electron chi connectivity index (χ4n) is 8.91. The summed E-state index contributed by atoms with van der Waals surface area (Å²) in [5.74, 6) is -3.65. The fourth-order valence-corrected chi connectivity index (χ4v) is 8.91. The molecular weight excluding hydrogens is 682 g/mol. The third-order valence-corrected chi connectivity index (χ3v) is 11.2. The summed E-state index contributed by atoms with van der Waals surface area (Å²) in [5, 5.41) is 13.9. The Kier molecular flexibility index (Phi) is 11.8. The van der Waals surface area contributed by atoms with Crippen LogP contribution in [0.1, 0.15) is 61.0 Å². The van der Waals surface area contributed by atoms with E-state index >= 15 is 9.59 Å². The van der Waals surface area contributed by atoms with Crippen molar-refractivity contribution in [3.8, 4) is 0 Å². The highest BCUT2D eigenvalue weighted by molar-refractivity contribution is 6.05. The molecule has 0 unspecified atom stereocenters. The van der Waals surface area contributed by atoms with Gasteiger partial charge in [-0.3, -0.25) is 19.2 Å². The van der Waals surface area contributed by atoms with Crippen LogP contribution in [-0.4, -0.2) is 76.7 Å². The molecule has 0 aliphatic carbocycles. The summed E-state index contributed by atoms with van der Waals surface area (Å²) in [5.41, 5.74) is 2.72. The summed E-state index contributed by atoms with van der Waals surface area (Å²) in [6, 6.07) is 22.0. The fraction of sp³-hybridized carbons (Fsp3) is 0.409. The molecule has 3 aliphatic rings. The summed E-state index contributed by atoms with van der Waals surface area (Å²) in [6.45, 7) is 13.1. The predicted molar refractivity (Wildman–Crippen MR) is 206 cm³/mol. The number of nitrogens with one attached hydrogen (secondary N) is 1. The lowest BCUT2D eigenvalue weighted by molar-refractivity contribution is -0.162. The highest BCUT2D eigenvalue weighted by Gasteiger charge is 2.76. The number of ether oxygens (including phenoxy) is 2. The normalized spacial score (nSPS) is 24.3. The number of carbonyl (C=O) groups is 4. The molecule has 3 heterocycles. The summed E-state index contributed by atoms with van der Waals surface area (Å²) >= 11 is 0. The molecule has 3 saturated heterocycles. The zero-order valence-electron chi connectivity index (χ0n) is 31.4. The van der Waals surface area contributed by atoms with Gasteiger partial charge in [-0.2, -0.15) is 0 Å². The summed E-state index contributed by atoms with van der Waals surface area (Å²) in [7, 11) is 0. The average molecular weight is 734 g/mol. The lowest BCUT2D eigenvalue weighted by Gasteiger charge is -2.40. The number of esters is 1. The van der Waals surface area contributed by atoms with Gasteiger partial charge in [0.2, 0.25) is 11.8 Å². The Morgan fingerprint density at radius 1 is 1.02 bits per heavy atom. The molecule has 3 fully saturated rings. The zero-order valence-corrected chi connectivity index (χ0v) is 31.4. The van der Waals surface area contributed by atoms with Crippen molar-refractivity contribution in [2.24, 2.45) is 11.8 Å². The predicted octanol–water partition coefficient (Wildman–Crippen LogP) is 5.56. The third kappa shape index (κ3) is 7.24. The van der Waals surface area contributed by atoms with Gasteiger partial charge in [-0.15, -0.1) is 13.2 Å². The van der Waals surface area contributed by atoms with Crippen molar-refractivity contribution in [2.45, 2.75) is 88.8 Å². The van der Waals surface area contributed by atoms with Crippen molar-refractivity contribution in [1.29, 1.82) is 0 Å². The molecule has 1 spiro atoms. The number of carbonyl (C=O) groups excluding carboxylic acids is 4. The van der Waals surface area contributed by atoms with Crippen LogP contribution in [0.3, 0.4) is 0 Å². The van der Waals surface area contributed by atoms with E-state index in [1.165, 1.54) is 4.90 Å². The third-order valence-electron chi connectivity index (χ3n) is 11.2. The molecule has 3 aliphatic heterocycles. The average Bonchev–Trinajstić information content (AvgIpc) is 3.82. The summed E-state index contributed by atoms with van der Waals surface area (Å²) < 4.78 is 13.1. The minimum Gasteiger partial charge on any atom is -0.455 e. The first-order valence-corrected chi connectivity index (χ1v) is 18.8. The van der Waals surface area contributed by atoms with E-state index in [4.69, 9.17) is 9.47 Å². The molecule has 10 heteroatoms. The molecule has 0 saturated carbocycles. The molecule has 10 nitrogen and oxygen atoms in total. The van der Waals surface area contributed by atoms with Crippen LogP contribution in [0, 0.1) is 25.7 Å². The number of allylic oxidation sites excluding steroid dienone is 1. The number of para-hydroxylation sites is 1. The molecule has 284 valence electrons. The molecule has 2 bridgehead atoms. The van der Waals surface area contributed by atoms with Gasteiger partial charge in [-0.1, -0.05) is 91.0 Å². The van der Waals surface area contributed by atoms with Gasteiger partial charge in [0.05, 0.1) is 36.6 Å². The Balaban J connectivity index is 1.39. The molecule has 54 heavy (non-hydrogen) atoms. The monoisotopic (exact) mass is 733 g/mol. The maximum absolute atomic E-state index is 15.3. The van der Waals surface area contributed by atoms with E-state index in [1.807, 2.05) is 92.7 Å². The van der Waals surface area contributed by atoms with Crippen LogP contribution < -0.4 is 10.2 Å². The van der Waals surface area contributed by atoms with Crippen LogP contribution in [0.5, 0.6) is 0 Å². The van der Waals surface area contributed by atoms with Gasteiger partial charge < -0.3 is 29.7 Å². The second kappa shape index (κ2) is 16.5. The van der Waals surface area contributed by atoms with Crippen LogP contribution in [0.4, 0.5) is 5.69 Å². The largest absolute Gasteiger partial charge is 0.455 e. The smallest absolute Gasteiger partial charge is 0.313 e. The van der Waals surface area contributed by atoms with E-state index < -0.39 is 66.3 Å². The Labute approximate surface area is 317 Å². The molecule has 3 aromatic rings. The molecule has 0 aromatic heterocycles. The lowest BCUT2D eigenvalue weighted by atomic mass is 9.70. The molecule has 3 amide bonds. The molecule has 0 radical (unpaired) electrons. The first-order valence-electron chi connectivity index (χ1n) is 18.8. The highest BCUT2D eigenvalue weighted by Crippen LogP contribution is 2.59. The van der Waals surface area contributed by atoms with E-state index in [2.05, 4.69) is 18.5 Å². The minimum absolute atomic E-state index is 0.177. The summed E-state index contributed by atoms with van der Waals surface area (Å²) in [4.78, 5) is 60.8. The second-order valence-corrected chi connectivity index (χ2v) is 14.8. The Morgan fingerprint density at radius 2 is 1.69 bits per heavy atom. The number of fused-ring (bicyclic) bond motifs is 1. The van der Waals surface area contributed by atoms with Crippen LogP contribution in [0.25, 0.3) is 0 Å². The number of amides is 3. The van der Waals surface area contributed by atoms with E-state index in [0.717, 1.165) is 22.4 Å². The highest BCUT2D eigenvalue weighted by atomic mass is 16.6. The van der Waals surface area contributed by atoms with Crippen molar-refractivity contribution in [2.75, 3.05) is 18.1 Å². The van der Waals surface area contributed by atoms with Crippen LogP contribution in [-0.2, 0) is 35.1 Å². The molecule has 2 N–H and O–H groups in total. The van der Waals surface area contributed by atoms with E-state index in [9.17, 15) is 14.7 Å². The van der Waals surface area contributed by atoms with Gasteiger partial charge in [0.15, 0.2) is 0 Å². The second-order valence-electron chi connectivity index (χ2n) is 14.8. The van der Waals surface area contributed by atoms with Gasteiger partial charge >= 0.3 is 5.97 Å². The number of anilines is 1. The van der Waals surface area contributed by atoms with Crippen LogP contribution in [0.15, 0.2) is 104 Å². The maximum Gasteiger partial charge on any atom is 0.313 e. The number of rotatable bonds is 16. The standard InChI is InChI=1S/C44H51N3O7/c1-6-8-22-35(49)45-30(5)39(32-20-13-10-14-21-32)53-43(52)36-34-23-24-44(54-34)37(36)41(50)47(33(27-48)26-31-18-11-9-12-19-31)40(44)42(51)46(25-7-2)38-28(3)16-15-17-29(38)4/h6-7,9-21,30,33-34,36-37,39-40,48H,1-2,8,22-27H2,3-5H3,(H,45,49)/t30-,33-,34-,36+,37+,39-,40-,44+/m1/s1. The molecule has 3 aromatic carbocycles.